The summed E-state index contributed by atoms with van der Waals surface area (Å²) in [4.78, 5) is 0. The first-order valence-electron chi connectivity index (χ1n) is 6.19. The fourth-order valence-electron chi connectivity index (χ4n) is 2.55. The van der Waals surface area contributed by atoms with Crippen LogP contribution in [-0.4, -0.2) is 12.8 Å². The van der Waals surface area contributed by atoms with Crippen LogP contribution >= 0.6 is 0 Å². The maximum atomic E-state index is 5.48. The Morgan fingerprint density at radius 1 is 1.19 bits per heavy atom. The molecule has 3 rings (SSSR count). The topological polar surface area (TPSA) is 33.3 Å². The van der Waals surface area contributed by atoms with E-state index in [1.807, 2.05) is 0 Å². The quantitative estimate of drug-likeness (QED) is 0.799. The van der Waals surface area contributed by atoms with E-state index in [9.17, 15) is 0 Å². The zero-order chi connectivity index (χ0) is 10.8. The molecule has 16 heavy (non-hydrogen) atoms. The van der Waals surface area contributed by atoms with Crippen LogP contribution < -0.4 is 15.4 Å². The van der Waals surface area contributed by atoms with Crippen LogP contribution in [0.4, 0.5) is 11.4 Å². The lowest BCUT2D eigenvalue weighted by molar-refractivity contribution is 0.372. The molecule has 86 valence electrons. The van der Waals surface area contributed by atoms with Crippen molar-refractivity contribution in [1.82, 2.24) is 0 Å². The summed E-state index contributed by atoms with van der Waals surface area (Å²) in [7, 11) is 0. The number of hydrogen-bond acceptors (Lipinski definition) is 3. The van der Waals surface area contributed by atoms with Crippen molar-refractivity contribution >= 4 is 11.4 Å². The van der Waals surface area contributed by atoms with Crippen LogP contribution in [0.2, 0.25) is 0 Å². The second-order valence-corrected chi connectivity index (χ2v) is 4.66. The van der Waals surface area contributed by atoms with Crippen LogP contribution in [0, 0.1) is 0 Å². The molecule has 0 unspecified atom stereocenters. The normalized spacial score (nSPS) is 19.8. The Labute approximate surface area is 96.2 Å². The summed E-state index contributed by atoms with van der Waals surface area (Å²) in [6, 6.07) is 6.98. The first-order valence-corrected chi connectivity index (χ1v) is 6.19. The Balaban J connectivity index is 1.69. The minimum Gasteiger partial charge on any atom is -0.471 e. The highest BCUT2D eigenvalue weighted by Gasteiger charge is 2.15. The van der Waals surface area contributed by atoms with Gasteiger partial charge in [-0.2, -0.15) is 0 Å². The van der Waals surface area contributed by atoms with Crippen LogP contribution in [0.15, 0.2) is 18.2 Å². The van der Waals surface area contributed by atoms with Crippen LogP contribution in [0.1, 0.15) is 32.1 Å². The largest absolute Gasteiger partial charge is 0.471 e. The minimum absolute atomic E-state index is 0.599. The van der Waals surface area contributed by atoms with Gasteiger partial charge in [0.15, 0.2) is 6.73 Å². The van der Waals surface area contributed by atoms with Gasteiger partial charge in [-0.1, -0.05) is 19.3 Å². The van der Waals surface area contributed by atoms with E-state index >= 15 is 0 Å². The molecule has 1 aliphatic heterocycles. The Hall–Kier alpha value is -1.38. The van der Waals surface area contributed by atoms with Crippen molar-refractivity contribution in [3.05, 3.63) is 18.2 Å². The highest BCUT2D eigenvalue weighted by Crippen LogP contribution is 2.32. The number of anilines is 2. The molecule has 3 nitrogen and oxygen atoms in total. The predicted octanol–water partition coefficient (Wildman–Crippen LogP) is 3.19. The molecule has 2 N–H and O–H groups in total. The number of nitrogens with one attached hydrogen (secondary N) is 2. The molecular formula is C13H18N2O. The van der Waals surface area contributed by atoms with Gasteiger partial charge >= 0.3 is 0 Å². The molecule has 1 aromatic carbocycles. The zero-order valence-electron chi connectivity index (χ0n) is 9.46. The lowest BCUT2D eigenvalue weighted by atomic mass is 9.95. The van der Waals surface area contributed by atoms with Crippen molar-refractivity contribution in [2.45, 2.75) is 38.1 Å². The van der Waals surface area contributed by atoms with Gasteiger partial charge in [0.25, 0.3) is 0 Å². The Bertz CT molecular complexity index is 372. The molecule has 1 saturated carbocycles. The highest BCUT2D eigenvalue weighted by atomic mass is 16.5. The number of fused-ring (bicyclic) bond motifs is 1. The van der Waals surface area contributed by atoms with Crippen molar-refractivity contribution in [3.8, 4) is 5.75 Å². The summed E-state index contributed by atoms with van der Waals surface area (Å²) >= 11 is 0. The van der Waals surface area contributed by atoms with Gasteiger partial charge in [0.1, 0.15) is 5.75 Å². The van der Waals surface area contributed by atoms with Gasteiger partial charge < -0.3 is 15.4 Å². The number of rotatable bonds is 2. The molecule has 0 atom stereocenters. The summed E-state index contributed by atoms with van der Waals surface area (Å²) < 4.78 is 5.48. The fourth-order valence-corrected chi connectivity index (χ4v) is 2.55. The van der Waals surface area contributed by atoms with E-state index in [4.69, 9.17) is 4.74 Å². The molecule has 3 heteroatoms. The monoisotopic (exact) mass is 218 g/mol. The number of ether oxygens (including phenoxy) is 1. The second kappa shape index (κ2) is 4.24. The fraction of sp³-hybridized carbons (Fsp3) is 0.538. The van der Waals surface area contributed by atoms with E-state index < -0.39 is 0 Å². The lowest BCUT2D eigenvalue weighted by Crippen LogP contribution is -2.22. The van der Waals surface area contributed by atoms with Crippen molar-refractivity contribution in [2.24, 2.45) is 0 Å². The molecule has 0 radical (unpaired) electrons. The SMILES string of the molecule is c1cc2c(cc1NC1CCCCC1)OCN2. The smallest absolute Gasteiger partial charge is 0.159 e. The zero-order valence-corrected chi connectivity index (χ0v) is 9.46. The molecule has 0 bridgehead atoms. The van der Waals surface area contributed by atoms with Crippen LogP contribution in [0.25, 0.3) is 0 Å². The average Bonchev–Trinajstić information content (AvgIpc) is 2.77. The van der Waals surface area contributed by atoms with E-state index in [-0.39, 0.29) is 0 Å². The molecule has 1 fully saturated rings. The minimum atomic E-state index is 0.599. The lowest BCUT2D eigenvalue weighted by Gasteiger charge is -2.23. The molecule has 0 amide bonds. The van der Waals surface area contributed by atoms with Crippen molar-refractivity contribution in [2.75, 3.05) is 17.4 Å². The molecule has 1 aliphatic carbocycles. The summed E-state index contributed by atoms with van der Waals surface area (Å²) in [6.45, 7) is 0.599. The summed E-state index contributed by atoms with van der Waals surface area (Å²) in [6.07, 6.45) is 6.73. The third kappa shape index (κ3) is 1.94. The van der Waals surface area contributed by atoms with Crippen molar-refractivity contribution in [1.29, 1.82) is 0 Å². The van der Waals surface area contributed by atoms with Crippen LogP contribution in [0.5, 0.6) is 5.75 Å². The summed E-state index contributed by atoms with van der Waals surface area (Å²) in [5.41, 5.74) is 2.29. The van der Waals surface area contributed by atoms with E-state index in [2.05, 4.69) is 28.8 Å². The van der Waals surface area contributed by atoms with E-state index in [0.29, 0.717) is 12.8 Å². The third-order valence-corrected chi connectivity index (χ3v) is 3.45. The first-order chi connectivity index (χ1) is 7.92. The highest BCUT2D eigenvalue weighted by molar-refractivity contribution is 5.65. The van der Waals surface area contributed by atoms with Crippen LogP contribution in [-0.2, 0) is 0 Å². The standard InChI is InChI=1S/C13H18N2O/c1-2-4-10(5-3-1)15-11-6-7-12-13(8-11)16-9-14-12/h6-8,10,14-15H,1-5,9H2. The second-order valence-electron chi connectivity index (χ2n) is 4.66. The predicted molar refractivity (Wildman–Crippen MR) is 66.1 cm³/mol. The average molecular weight is 218 g/mol. The summed E-state index contributed by atoms with van der Waals surface area (Å²) in [5, 5.41) is 6.78. The van der Waals surface area contributed by atoms with Gasteiger partial charge in [0.05, 0.1) is 5.69 Å². The molecular weight excluding hydrogens is 200 g/mol. The van der Waals surface area contributed by atoms with Gasteiger partial charge in [-0.25, -0.2) is 0 Å². The molecule has 0 saturated heterocycles. The molecule has 0 aromatic heterocycles. The third-order valence-electron chi connectivity index (χ3n) is 3.45. The molecule has 2 aliphatic rings. The Morgan fingerprint density at radius 2 is 2.06 bits per heavy atom. The maximum Gasteiger partial charge on any atom is 0.159 e. The van der Waals surface area contributed by atoms with Crippen molar-refractivity contribution in [3.63, 3.8) is 0 Å². The molecule has 1 aromatic rings. The van der Waals surface area contributed by atoms with E-state index in [1.165, 1.54) is 37.8 Å². The number of benzene rings is 1. The van der Waals surface area contributed by atoms with E-state index in [0.717, 1.165) is 11.4 Å². The Kier molecular flexibility index (Phi) is 2.60. The van der Waals surface area contributed by atoms with Crippen molar-refractivity contribution < 1.29 is 4.74 Å². The van der Waals surface area contributed by atoms with Gasteiger partial charge in [-0.15, -0.1) is 0 Å². The van der Waals surface area contributed by atoms with Crippen LogP contribution in [0.3, 0.4) is 0 Å². The molecule has 0 spiro atoms. The molecule has 1 heterocycles. The maximum absolute atomic E-state index is 5.48. The Morgan fingerprint density at radius 3 is 2.94 bits per heavy atom. The van der Waals surface area contributed by atoms with Gasteiger partial charge in [0.2, 0.25) is 0 Å². The first kappa shape index (κ1) is 9.82. The van der Waals surface area contributed by atoms with Gasteiger partial charge in [0, 0.05) is 17.8 Å². The van der Waals surface area contributed by atoms with Gasteiger partial charge in [-0.3, -0.25) is 0 Å². The number of hydrogen-bond donors (Lipinski definition) is 2. The van der Waals surface area contributed by atoms with Gasteiger partial charge in [-0.05, 0) is 25.0 Å². The summed E-state index contributed by atoms with van der Waals surface area (Å²) in [5.74, 6) is 0.973. The van der Waals surface area contributed by atoms with E-state index in [1.54, 1.807) is 0 Å².